The molecule has 0 unspecified atom stereocenters. The summed E-state index contributed by atoms with van der Waals surface area (Å²) in [5.41, 5.74) is 1.78. The van der Waals surface area contributed by atoms with Gasteiger partial charge in [-0.15, -0.1) is 11.3 Å². The van der Waals surface area contributed by atoms with E-state index in [0.29, 0.717) is 37.3 Å². The van der Waals surface area contributed by atoms with Crippen LogP contribution in [0.3, 0.4) is 0 Å². The van der Waals surface area contributed by atoms with E-state index >= 15 is 0 Å². The van der Waals surface area contributed by atoms with Gasteiger partial charge in [-0.25, -0.2) is 4.98 Å². The predicted octanol–water partition coefficient (Wildman–Crippen LogP) is 6.49. The minimum Gasteiger partial charge on any atom is -0.457 e. The molecule has 5 rings (SSSR count). The molecule has 31 heavy (non-hydrogen) atoms. The van der Waals surface area contributed by atoms with Crippen LogP contribution in [0.2, 0.25) is 10.0 Å². The average molecular weight is 468 g/mol. The van der Waals surface area contributed by atoms with Gasteiger partial charge in [0.05, 0.1) is 16.0 Å². The second-order valence-electron chi connectivity index (χ2n) is 7.30. The maximum absolute atomic E-state index is 12.8. The molecule has 0 atom stereocenters. The first-order valence-corrected chi connectivity index (χ1v) is 11.3. The number of H-pyrrole nitrogens is 1. The summed E-state index contributed by atoms with van der Waals surface area (Å²) in [6, 6.07) is 10.7. The molecule has 1 aromatic carbocycles. The lowest BCUT2D eigenvalue weighted by molar-refractivity contribution is 0.572. The van der Waals surface area contributed by atoms with Crippen molar-refractivity contribution in [2.45, 2.75) is 25.7 Å². The molecule has 0 radical (unpaired) electrons. The number of halogens is 2. The van der Waals surface area contributed by atoms with Gasteiger partial charge in [0.2, 0.25) is 0 Å². The number of nitrogens with zero attached hydrogens (tertiary/aromatic N) is 2. The molecule has 8 heteroatoms. The minimum absolute atomic E-state index is 0.202. The second kappa shape index (κ2) is 8.01. The van der Waals surface area contributed by atoms with E-state index in [9.17, 15) is 10.1 Å². The molecule has 1 N–H and O–H groups in total. The van der Waals surface area contributed by atoms with E-state index in [-0.39, 0.29) is 17.0 Å². The molecule has 5 nitrogen and oxygen atoms in total. The topological polar surface area (TPSA) is 82.7 Å². The van der Waals surface area contributed by atoms with Gasteiger partial charge in [-0.05, 0) is 61.6 Å². The summed E-state index contributed by atoms with van der Waals surface area (Å²) in [4.78, 5) is 22.1. The molecule has 0 bridgehead atoms. The fourth-order valence-electron chi connectivity index (χ4n) is 3.85. The number of rotatable bonds is 3. The van der Waals surface area contributed by atoms with Gasteiger partial charge < -0.3 is 9.40 Å². The number of aryl methyl sites for hydroxylation is 2. The molecule has 4 aromatic rings. The Morgan fingerprint density at radius 2 is 2.06 bits per heavy atom. The second-order valence-corrected chi connectivity index (χ2v) is 9.23. The summed E-state index contributed by atoms with van der Waals surface area (Å²) in [5, 5.41) is 11.4. The summed E-state index contributed by atoms with van der Waals surface area (Å²) < 4.78 is 5.86. The highest BCUT2D eigenvalue weighted by Gasteiger charge is 2.20. The van der Waals surface area contributed by atoms with Gasteiger partial charge in [0.25, 0.3) is 5.56 Å². The van der Waals surface area contributed by atoms with E-state index in [1.807, 2.05) is 0 Å². The summed E-state index contributed by atoms with van der Waals surface area (Å²) >= 11 is 13.9. The van der Waals surface area contributed by atoms with Crippen molar-refractivity contribution in [3.8, 4) is 17.4 Å². The molecule has 0 aliphatic heterocycles. The standard InChI is InChI=1S/C23H15Cl2N3O2S/c24-13-5-7-17(25)16(10-13)18-8-6-14(30-18)9-12(11-26)21-27-22(29)20-15-3-1-2-4-19(15)31-23(20)28-21/h5-10H,1-4H2,(H,27,28,29). The molecule has 0 fully saturated rings. The Bertz CT molecular complexity index is 1460. The van der Waals surface area contributed by atoms with Crippen molar-refractivity contribution in [2.75, 3.05) is 0 Å². The van der Waals surface area contributed by atoms with Gasteiger partial charge in [-0.2, -0.15) is 5.26 Å². The molecule has 0 spiro atoms. The highest BCUT2D eigenvalue weighted by atomic mass is 35.5. The first kappa shape index (κ1) is 20.1. The maximum Gasteiger partial charge on any atom is 0.260 e. The number of aromatic nitrogens is 2. The van der Waals surface area contributed by atoms with E-state index in [1.165, 1.54) is 4.88 Å². The Morgan fingerprint density at radius 3 is 2.90 bits per heavy atom. The number of aromatic amines is 1. The molecule has 0 amide bonds. The van der Waals surface area contributed by atoms with E-state index in [0.717, 1.165) is 31.2 Å². The van der Waals surface area contributed by atoms with Gasteiger partial charge in [-0.1, -0.05) is 23.2 Å². The van der Waals surface area contributed by atoms with Crippen molar-refractivity contribution in [1.82, 2.24) is 9.97 Å². The first-order chi connectivity index (χ1) is 15.0. The predicted molar refractivity (Wildman–Crippen MR) is 125 cm³/mol. The molecule has 3 aromatic heterocycles. The summed E-state index contributed by atoms with van der Waals surface area (Å²) in [6.07, 6.45) is 5.65. The molecule has 3 heterocycles. The van der Waals surface area contributed by atoms with Crippen LogP contribution in [0.1, 0.15) is 34.9 Å². The lowest BCUT2D eigenvalue weighted by atomic mass is 9.97. The van der Waals surface area contributed by atoms with Crippen molar-refractivity contribution < 1.29 is 4.42 Å². The van der Waals surface area contributed by atoms with E-state index in [2.05, 4.69) is 16.0 Å². The molecule has 0 saturated carbocycles. The van der Waals surface area contributed by atoms with Crippen LogP contribution in [-0.2, 0) is 12.8 Å². The first-order valence-electron chi connectivity index (χ1n) is 9.75. The summed E-state index contributed by atoms with van der Waals surface area (Å²) in [6.45, 7) is 0. The van der Waals surface area contributed by atoms with Gasteiger partial charge >= 0.3 is 0 Å². The largest absolute Gasteiger partial charge is 0.457 e. The lowest BCUT2D eigenvalue weighted by Crippen LogP contribution is -2.12. The van der Waals surface area contributed by atoms with Crippen molar-refractivity contribution in [3.63, 3.8) is 0 Å². The van der Waals surface area contributed by atoms with E-state index < -0.39 is 0 Å². The third kappa shape index (κ3) is 3.70. The van der Waals surface area contributed by atoms with Crippen LogP contribution in [0.15, 0.2) is 39.5 Å². The number of benzene rings is 1. The lowest BCUT2D eigenvalue weighted by Gasteiger charge is -2.09. The van der Waals surface area contributed by atoms with Crippen molar-refractivity contribution >= 4 is 56.4 Å². The number of allylic oxidation sites excluding steroid dienone is 1. The molecule has 1 aliphatic rings. The highest BCUT2D eigenvalue weighted by Crippen LogP contribution is 2.35. The fourth-order valence-corrected chi connectivity index (χ4v) is 5.49. The normalized spacial score (nSPS) is 13.9. The van der Waals surface area contributed by atoms with E-state index in [4.69, 9.17) is 27.6 Å². The molecule has 154 valence electrons. The zero-order valence-corrected chi connectivity index (χ0v) is 18.5. The minimum atomic E-state index is -0.202. The Hall–Kier alpha value is -2.85. The summed E-state index contributed by atoms with van der Waals surface area (Å²) in [5.74, 6) is 1.20. The van der Waals surface area contributed by atoms with Gasteiger partial charge in [0.15, 0.2) is 5.82 Å². The zero-order chi connectivity index (χ0) is 21.5. The Labute approximate surface area is 191 Å². The summed E-state index contributed by atoms with van der Waals surface area (Å²) in [7, 11) is 0. The van der Waals surface area contributed by atoms with Gasteiger partial charge in [0.1, 0.15) is 22.4 Å². The maximum atomic E-state index is 12.8. The number of hydrogen-bond acceptors (Lipinski definition) is 5. The van der Waals surface area contributed by atoms with Crippen LogP contribution in [0.25, 0.3) is 33.2 Å². The molecular formula is C23H15Cl2N3O2S. The number of nitrogens with one attached hydrogen (secondary N) is 1. The van der Waals surface area contributed by atoms with Crippen LogP contribution >= 0.6 is 34.5 Å². The number of hydrogen-bond donors (Lipinski definition) is 1. The van der Waals surface area contributed by atoms with Gasteiger partial charge in [-0.3, -0.25) is 4.79 Å². The van der Waals surface area contributed by atoms with E-state index in [1.54, 1.807) is 47.7 Å². The number of fused-ring (bicyclic) bond motifs is 3. The van der Waals surface area contributed by atoms with Crippen LogP contribution in [-0.4, -0.2) is 9.97 Å². The fraction of sp³-hybridized carbons (Fsp3) is 0.174. The Balaban J connectivity index is 1.55. The van der Waals surface area contributed by atoms with Crippen molar-refractivity contribution in [2.24, 2.45) is 0 Å². The van der Waals surface area contributed by atoms with Crippen LogP contribution in [0, 0.1) is 11.3 Å². The van der Waals surface area contributed by atoms with Crippen LogP contribution < -0.4 is 5.56 Å². The van der Waals surface area contributed by atoms with Crippen molar-refractivity contribution in [3.05, 3.63) is 72.8 Å². The van der Waals surface area contributed by atoms with Crippen molar-refractivity contribution in [1.29, 1.82) is 5.26 Å². The zero-order valence-electron chi connectivity index (χ0n) is 16.2. The van der Waals surface area contributed by atoms with Crippen LogP contribution in [0.5, 0.6) is 0 Å². The van der Waals surface area contributed by atoms with Gasteiger partial charge in [0, 0.05) is 21.5 Å². The monoisotopic (exact) mass is 467 g/mol. The van der Waals surface area contributed by atoms with Crippen LogP contribution in [0.4, 0.5) is 0 Å². The smallest absolute Gasteiger partial charge is 0.260 e. The molecular weight excluding hydrogens is 453 g/mol. The third-order valence-corrected chi connectivity index (χ3v) is 7.06. The average Bonchev–Trinajstić information content (AvgIpc) is 3.38. The number of nitriles is 1. The number of thiophene rings is 1. The SMILES string of the molecule is N#CC(=Cc1ccc(-c2cc(Cl)ccc2Cl)o1)c1nc2sc3c(c2c(=O)[nH]1)CCCC3. The Morgan fingerprint density at radius 1 is 1.23 bits per heavy atom. The third-order valence-electron chi connectivity index (χ3n) is 5.31. The molecule has 0 saturated heterocycles. The quantitative estimate of drug-likeness (QED) is 0.348. The Kier molecular flexibility index (Phi) is 5.19. The molecule has 1 aliphatic carbocycles. The highest BCUT2D eigenvalue weighted by molar-refractivity contribution is 7.18. The number of furan rings is 1.